The molecule has 0 saturated heterocycles. The highest BCUT2D eigenvalue weighted by atomic mass is 15.2. The lowest BCUT2D eigenvalue weighted by molar-refractivity contribution is 0.591. The molecule has 49 heavy (non-hydrogen) atoms. The molecule has 0 amide bonds. The average Bonchev–Trinajstić information content (AvgIpc) is 3.77. The Morgan fingerprint density at radius 3 is 2.18 bits per heavy atom. The molecule has 7 aromatic rings. The summed E-state index contributed by atoms with van der Waals surface area (Å²) in [4.78, 5) is 2.61. The number of nitrogens with zero attached hydrogens (tertiary/aromatic N) is 3. The number of rotatable bonds is 3. The summed E-state index contributed by atoms with van der Waals surface area (Å²) in [6.07, 6.45) is 14.2. The summed E-state index contributed by atoms with van der Waals surface area (Å²) in [5, 5.41) is 3.95. The van der Waals surface area contributed by atoms with Gasteiger partial charge in [-0.1, -0.05) is 118 Å². The van der Waals surface area contributed by atoms with E-state index in [1.807, 2.05) is 0 Å². The highest BCUT2D eigenvalue weighted by Gasteiger charge is 2.41. The molecule has 0 radical (unpaired) electrons. The van der Waals surface area contributed by atoms with Crippen LogP contribution in [0.25, 0.3) is 50.2 Å². The van der Waals surface area contributed by atoms with Crippen LogP contribution in [0.2, 0.25) is 0 Å². The first kappa shape index (κ1) is 28.5. The molecule has 0 fully saturated rings. The molecule has 238 valence electrons. The Bertz CT molecular complexity index is 2530. The van der Waals surface area contributed by atoms with Crippen LogP contribution in [0, 0.1) is 0 Å². The molecule has 0 bridgehead atoms. The van der Waals surface area contributed by atoms with E-state index < -0.39 is 0 Å². The van der Waals surface area contributed by atoms with Crippen molar-refractivity contribution in [2.24, 2.45) is 0 Å². The third kappa shape index (κ3) is 4.15. The van der Waals surface area contributed by atoms with Crippen molar-refractivity contribution in [3.63, 3.8) is 0 Å². The Kier molecular flexibility index (Phi) is 6.09. The SMILES string of the molecule is CC(C)(C)c1ccc2c(c1)c1ccc3c(c1n2-c1ccccc1)N(c1ccccc1)C1C=CC(n2c4c(c5ccccc52)C=CCC4)=CC31. The van der Waals surface area contributed by atoms with Crippen molar-refractivity contribution in [3.05, 3.63) is 162 Å². The van der Waals surface area contributed by atoms with E-state index in [4.69, 9.17) is 0 Å². The van der Waals surface area contributed by atoms with Crippen molar-refractivity contribution in [2.75, 3.05) is 4.90 Å². The number of hydrogen-bond acceptors (Lipinski definition) is 1. The van der Waals surface area contributed by atoms with Gasteiger partial charge >= 0.3 is 0 Å². The summed E-state index contributed by atoms with van der Waals surface area (Å²) in [6.45, 7) is 6.92. The smallest absolute Gasteiger partial charge is 0.0782 e. The molecule has 3 heteroatoms. The second-order valence-electron chi connectivity index (χ2n) is 14.9. The van der Waals surface area contributed by atoms with Crippen molar-refractivity contribution >= 4 is 55.9 Å². The van der Waals surface area contributed by atoms with Gasteiger partial charge in [-0.25, -0.2) is 0 Å². The van der Waals surface area contributed by atoms with E-state index in [0.717, 1.165) is 12.8 Å². The van der Waals surface area contributed by atoms with Crippen LogP contribution in [-0.2, 0) is 11.8 Å². The van der Waals surface area contributed by atoms with Crippen LogP contribution in [0.1, 0.15) is 55.5 Å². The molecule has 2 atom stereocenters. The van der Waals surface area contributed by atoms with Crippen molar-refractivity contribution in [3.8, 4) is 5.69 Å². The minimum Gasteiger partial charge on any atom is -0.332 e. The Hall–Kier alpha value is -5.54. The zero-order valence-corrected chi connectivity index (χ0v) is 28.3. The zero-order chi connectivity index (χ0) is 32.9. The summed E-state index contributed by atoms with van der Waals surface area (Å²) in [5.41, 5.74) is 14.4. The van der Waals surface area contributed by atoms with E-state index in [1.165, 1.54) is 77.9 Å². The molecule has 0 N–H and O–H groups in total. The molecule has 1 aliphatic heterocycles. The normalized spacial score (nSPS) is 18.3. The second-order valence-corrected chi connectivity index (χ2v) is 14.9. The van der Waals surface area contributed by atoms with Crippen molar-refractivity contribution in [1.29, 1.82) is 0 Å². The fourth-order valence-electron chi connectivity index (χ4n) is 8.77. The summed E-state index contributed by atoms with van der Waals surface area (Å²) in [5.74, 6) is 0.197. The van der Waals surface area contributed by atoms with Gasteiger partial charge in [0.25, 0.3) is 0 Å². The van der Waals surface area contributed by atoms with Gasteiger partial charge in [0.2, 0.25) is 0 Å². The van der Waals surface area contributed by atoms with Crippen LogP contribution >= 0.6 is 0 Å². The van der Waals surface area contributed by atoms with Crippen LogP contribution < -0.4 is 4.90 Å². The maximum Gasteiger partial charge on any atom is 0.0782 e. The second kappa shape index (κ2) is 10.5. The summed E-state index contributed by atoms with van der Waals surface area (Å²) < 4.78 is 5.05. The highest BCUT2D eigenvalue weighted by Crippen LogP contribution is 2.54. The van der Waals surface area contributed by atoms with Gasteiger partial charge in [-0.15, -0.1) is 0 Å². The maximum absolute atomic E-state index is 2.61. The van der Waals surface area contributed by atoms with Crippen molar-refractivity contribution < 1.29 is 0 Å². The lowest BCUT2D eigenvalue weighted by Crippen LogP contribution is -2.29. The van der Waals surface area contributed by atoms with Gasteiger partial charge in [0.15, 0.2) is 0 Å². The highest BCUT2D eigenvalue weighted by molar-refractivity contribution is 6.15. The van der Waals surface area contributed by atoms with Gasteiger partial charge in [-0.3, -0.25) is 0 Å². The van der Waals surface area contributed by atoms with E-state index >= 15 is 0 Å². The number of benzene rings is 5. The van der Waals surface area contributed by atoms with Crippen LogP contribution in [0.15, 0.2) is 140 Å². The number of anilines is 2. The van der Waals surface area contributed by atoms with E-state index in [-0.39, 0.29) is 17.4 Å². The van der Waals surface area contributed by atoms with Crippen LogP contribution in [0.4, 0.5) is 11.4 Å². The average molecular weight is 634 g/mol. The number of hydrogen-bond donors (Lipinski definition) is 0. The summed E-state index contributed by atoms with van der Waals surface area (Å²) in [6, 6.07) is 42.9. The molecule has 2 unspecified atom stereocenters. The van der Waals surface area contributed by atoms with Gasteiger partial charge in [-0.2, -0.15) is 0 Å². The molecule has 0 spiro atoms. The minimum atomic E-state index is 0.0563. The monoisotopic (exact) mass is 633 g/mol. The van der Waals surface area contributed by atoms with E-state index in [2.05, 4.69) is 180 Å². The predicted molar refractivity (Wildman–Crippen MR) is 207 cm³/mol. The fourth-order valence-corrected chi connectivity index (χ4v) is 8.77. The number of aromatic nitrogens is 2. The number of para-hydroxylation sites is 3. The largest absolute Gasteiger partial charge is 0.332 e. The Morgan fingerprint density at radius 2 is 1.39 bits per heavy atom. The quantitative estimate of drug-likeness (QED) is 0.189. The molecule has 0 saturated carbocycles. The molecule has 2 aromatic heterocycles. The van der Waals surface area contributed by atoms with Crippen LogP contribution in [0.5, 0.6) is 0 Å². The van der Waals surface area contributed by atoms with E-state index in [0.29, 0.717) is 0 Å². The molecule has 3 aliphatic rings. The first-order chi connectivity index (χ1) is 24.0. The van der Waals surface area contributed by atoms with Gasteiger partial charge < -0.3 is 14.0 Å². The van der Waals surface area contributed by atoms with Crippen molar-refractivity contribution in [2.45, 2.75) is 51.0 Å². The Labute approximate surface area is 287 Å². The molecule has 2 aliphatic carbocycles. The van der Waals surface area contributed by atoms with Crippen molar-refractivity contribution in [1.82, 2.24) is 9.13 Å². The van der Waals surface area contributed by atoms with E-state index in [9.17, 15) is 0 Å². The standard InChI is InChI=1S/C46H39N3/c1-46(2,3)30-22-26-42-38(28-30)36-24-25-37-39-29-33(47-40-20-12-10-18-34(40)35-19-11-13-21-41(35)47)23-27-43(39)49(32-16-8-5-9-17-32)45(37)44(36)48(42)31-14-6-4-7-15-31/h4-12,14-20,22-29,39,43H,13,21H2,1-3H3. The molecular weight excluding hydrogens is 595 g/mol. The van der Waals surface area contributed by atoms with E-state index in [1.54, 1.807) is 0 Å². The minimum absolute atomic E-state index is 0.0563. The molecular formula is C46H39N3. The summed E-state index contributed by atoms with van der Waals surface area (Å²) in [7, 11) is 0. The fraction of sp³-hybridized carbons (Fsp3) is 0.174. The maximum atomic E-state index is 2.61. The first-order valence-corrected chi connectivity index (χ1v) is 17.7. The molecule has 3 heterocycles. The molecule has 3 nitrogen and oxygen atoms in total. The molecule has 10 rings (SSSR count). The Morgan fingerprint density at radius 1 is 0.653 bits per heavy atom. The number of allylic oxidation sites excluding steroid dienone is 3. The van der Waals surface area contributed by atoms with Gasteiger partial charge in [-0.05, 0) is 77.9 Å². The lowest BCUT2D eigenvalue weighted by atomic mass is 9.86. The third-order valence-corrected chi connectivity index (χ3v) is 11.0. The topological polar surface area (TPSA) is 13.1 Å². The lowest BCUT2D eigenvalue weighted by Gasteiger charge is -2.30. The molecule has 5 aromatic carbocycles. The Balaban J connectivity index is 1.27. The first-order valence-electron chi connectivity index (χ1n) is 17.7. The van der Waals surface area contributed by atoms with Gasteiger partial charge in [0.05, 0.1) is 28.3 Å². The zero-order valence-electron chi connectivity index (χ0n) is 28.3. The van der Waals surface area contributed by atoms with Crippen LogP contribution in [-0.4, -0.2) is 15.2 Å². The number of fused-ring (bicyclic) bond motifs is 10. The van der Waals surface area contributed by atoms with Crippen LogP contribution in [0.3, 0.4) is 0 Å². The predicted octanol–water partition coefficient (Wildman–Crippen LogP) is 11.7. The third-order valence-electron chi connectivity index (χ3n) is 11.0. The van der Waals surface area contributed by atoms with Gasteiger partial charge in [0.1, 0.15) is 0 Å². The summed E-state index contributed by atoms with van der Waals surface area (Å²) >= 11 is 0. The van der Waals surface area contributed by atoms with Gasteiger partial charge in [0, 0.05) is 50.4 Å².